The molecule has 4 nitrogen and oxygen atoms in total. The van der Waals surface area contributed by atoms with Gasteiger partial charge in [-0.05, 0) is 117 Å². The zero-order valence-electron chi connectivity index (χ0n) is 30.6. The minimum absolute atomic E-state index is 0.313. The lowest BCUT2D eigenvalue weighted by Crippen LogP contribution is -2.40. The van der Waals surface area contributed by atoms with Gasteiger partial charge in [-0.3, -0.25) is 4.99 Å². The van der Waals surface area contributed by atoms with E-state index >= 15 is 0 Å². The monoisotopic (exact) mass is 700 g/mol. The van der Waals surface area contributed by atoms with E-state index in [9.17, 15) is 0 Å². The molecule has 1 aliphatic heterocycles. The SMILES string of the molecule is C1=CCCC(C2=NC(C3C=CCCC3)=NC3CCC(n4c5ccccc5c5cc(-c6ccc7c(c6)c6ccccc6n7-c6ccccc6)ccc54)CC23)=C1. The topological polar surface area (TPSA) is 34.6 Å². The molecular formula is C50H44N4. The first kappa shape index (κ1) is 31.8. The second-order valence-corrected chi connectivity index (χ2v) is 15.8. The fourth-order valence-electron chi connectivity index (χ4n) is 10.1. The summed E-state index contributed by atoms with van der Waals surface area (Å²) in [6.07, 6.45) is 20.6. The van der Waals surface area contributed by atoms with Gasteiger partial charge in [0.25, 0.3) is 0 Å². The molecule has 1 saturated carbocycles. The summed E-state index contributed by atoms with van der Waals surface area (Å²) in [5.74, 6) is 1.79. The van der Waals surface area contributed by atoms with Crippen molar-refractivity contribution in [3.63, 3.8) is 0 Å². The summed E-state index contributed by atoms with van der Waals surface area (Å²) in [7, 11) is 0. The van der Waals surface area contributed by atoms with Crippen LogP contribution in [0.15, 0.2) is 161 Å². The van der Waals surface area contributed by atoms with Crippen molar-refractivity contribution in [2.75, 3.05) is 0 Å². The lowest BCUT2D eigenvalue weighted by molar-refractivity contribution is 0.290. The number of fused-ring (bicyclic) bond motifs is 7. The number of amidine groups is 1. The molecule has 4 unspecified atom stereocenters. The average molecular weight is 701 g/mol. The summed E-state index contributed by atoms with van der Waals surface area (Å²) < 4.78 is 5.07. The summed E-state index contributed by atoms with van der Waals surface area (Å²) in [6.45, 7) is 0. The minimum Gasteiger partial charge on any atom is -0.337 e. The standard InChI is InChI=1S/C50H44N4/c1-4-14-33(15-5-1)49-43-32-38(26-27-44(43)51-50(52-49)34-16-6-2-7-17-34)54-46-23-13-11-21-40(46)42-31-36(25-29-48(42)54)35-24-28-47-41(30-35)39-20-10-12-22-45(39)53(47)37-18-8-3-9-19-37/h1,3-4,6,8-14,16,18-25,28-31,34,38,43-44H,2,5,7,15,17,26-27,32H2. The Morgan fingerprint density at radius 3 is 2.09 bits per heavy atom. The van der Waals surface area contributed by atoms with Crippen molar-refractivity contribution in [1.29, 1.82) is 0 Å². The smallest absolute Gasteiger partial charge is 0.130 e. The van der Waals surface area contributed by atoms with Gasteiger partial charge in [0, 0.05) is 56.1 Å². The van der Waals surface area contributed by atoms with Crippen LogP contribution in [0.5, 0.6) is 0 Å². The van der Waals surface area contributed by atoms with Crippen molar-refractivity contribution >= 4 is 55.2 Å². The van der Waals surface area contributed by atoms with Crippen LogP contribution in [0.2, 0.25) is 0 Å². The van der Waals surface area contributed by atoms with Crippen LogP contribution < -0.4 is 0 Å². The van der Waals surface area contributed by atoms with Crippen LogP contribution in [-0.2, 0) is 0 Å². The van der Waals surface area contributed by atoms with Crippen LogP contribution in [0.4, 0.5) is 0 Å². The number of hydrogen-bond acceptors (Lipinski definition) is 2. The van der Waals surface area contributed by atoms with Crippen molar-refractivity contribution < 1.29 is 0 Å². The highest BCUT2D eigenvalue weighted by molar-refractivity contribution is 6.13. The highest BCUT2D eigenvalue weighted by atomic mass is 15.1. The van der Waals surface area contributed by atoms with Gasteiger partial charge in [0.15, 0.2) is 0 Å². The lowest BCUT2D eigenvalue weighted by atomic mass is 9.74. The van der Waals surface area contributed by atoms with E-state index in [1.165, 1.54) is 91.0 Å². The molecule has 0 radical (unpaired) electrons. The largest absolute Gasteiger partial charge is 0.337 e. The first-order valence-corrected chi connectivity index (χ1v) is 20.1. The van der Waals surface area contributed by atoms with E-state index in [1.807, 2.05) is 0 Å². The van der Waals surface area contributed by atoms with Gasteiger partial charge < -0.3 is 9.13 Å². The molecule has 5 aromatic carbocycles. The summed E-state index contributed by atoms with van der Waals surface area (Å²) in [6, 6.07) is 43.5. The molecule has 4 atom stereocenters. The van der Waals surface area contributed by atoms with Gasteiger partial charge in [0.2, 0.25) is 0 Å². The highest BCUT2D eigenvalue weighted by Gasteiger charge is 2.39. The normalized spacial score (nSPS) is 22.8. The molecule has 7 aromatic rings. The maximum atomic E-state index is 5.46. The first-order chi connectivity index (χ1) is 26.8. The number of nitrogens with zero attached hydrogens (tertiary/aromatic N) is 4. The van der Waals surface area contributed by atoms with Crippen molar-refractivity contribution in [1.82, 2.24) is 9.13 Å². The van der Waals surface area contributed by atoms with Gasteiger partial charge in [-0.25, -0.2) is 4.99 Å². The summed E-state index contributed by atoms with van der Waals surface area (Å²) in [4.78, 5) is 10.9. The number of aromatic nitrogens is 2. The Hall–Kier alpha value is -5.74. The van der Waals surface area contributed by atoms with Crippen LogP contribution in [0.1, 0.15) is 57.4 Å². The van der Waals surface area contributed by atoms with Crippen molar-refractivity contribution in [2.45, 2.75) is 63.5 Å². The second-order valence-electron chi connectivity index (χ2n) is 15.8. The van der Waals surface area contributed by atoms with Crippen LogP contribution in [0, 0.1) is 11.8 Å². The summed E-state index contributed by atoms with van der Waals surface area (Å²) in [5, 5.41) is 5.23. The molecule has 264 valence electrons. The number of benzene rings is 5. The molecule has 4 aliphatic rings. The Morgan fingerprint density at radius 2 is 1.31 bits per heavy atom. The molecular weight excluding hydrogens is 657 g/mol. The van der Waals surface area contributed by atoms with Crippen molar-refractivity contribution in [3.05, 3.63) is 151 Å². The van der Waals surface area contributed by atoms with Gasteiger partial charge in [0.05, 0.1) is 22.8 Å². The van der Waals surface area contributed by atoms with E-state index in [1.54, 1.807) is 0 Å². The van der Waals surface area contributed by atoms with E-state index in [2.05, 4.69) is 155 Å². The van der Waals surface area contributed by atoms with Gasteiger partial charge in [-0.2, -0.15) is 0 Å². The van der Waals surface area contributed by atoms with Crippen LogP contribution in [0.3, 0.4) is 0 Å². The molecule has 0 spiro atoms. The molecule has 0 bridgehead atoms. The zero-order chi connectivity index (χ0) is 35.6. The second kappa shape index (κ2) is 13.0. The Kier molecular flexibility index (Phi) is 7.64. The minimum atomic E-state index is 0.313. The van der Waals surface area contributed by atoms with E-state index in [0.29, 0.717) is 23.9 Å². The predicted octanol–water partition coefficient (Wildman–Crippen LogP) is 12.8. The molecule has 0 N–H and O–H groups in total. The third kappa shape index (κ3) is 5.18. The maximum Gasteiger partial charge on any atom is 0.130 e. The molecule has 11 rings (SSSR count). The average Bonchev–Trinajstić information content (AvgIpc) is 3.76. The van der Waals surface area contributed by atoms with E-state index < -0.39 is 0 Å². The van der Waals surface area contributed by atoms with Gasteiger partial charge >= 0.3 is 0 Å². The molecule has 1 fully saturated rings. The third-order valence-corrected chi connectivity index (χ3v) is 12.7. The number of para-hydroxylation sites is 3. The number of aliphatic imine (C=N–C) groups is 2. The van der Waals surface area contributed by atoms with Gasteiger partial charge in [0.1, 0.15) is 5.84 Å². The predicted molar refractivity (Wildman–Crippen MR) is 227 cm³/mol. The van der Waals surface area contributed by atoms with Gasteiger partial charge in [-0.1, -0.05) is 97.1 Å². The zero-order valence-corrected chi connectivity index (χ0v) is 30.6. The molecule has 4 heteroatoms. The Bertz CT molecular complexity index is 2750. The Balaban J connectivity index is 0.989. The molecule has 0 amide bonds. The Morgan fingerprint density at radius 1 is 0.611 bits per heavy atom. The van der Waals surface area contributed by atoms with Crippen LogP contribution in [-0.4, -0.2) is 26.7 Å². The van der Waals surface area contributed by atoms with E-state index in [-0.39, 0.29) is 0 Å². The van der Waals surface area contributed by atoms with Crippen molar-refractivity contribution in [3.8, 4) is 16.8 Å². The first-order valence-electron chi connectivity index (χ1n) is 20.1. The molecule has 3 heterocycles. The van der Waals surface area contributed by atoms with Crippen molar-refractivity contribution in [2.24, 2.45) is 21.8 Å². The highest BCUT2D eigenvalue weighted by Crippen LogP contribution is 2.45. The lowest BCUT2D eigenvalue weighted by Gasteiger charge is -2.40. The number of hydrogen-bond donors (Lipinski definition) is 0. The molecule has 2 aromatic heterocycles. The molecule has 3 aliphatic carbocycles. The number of allylic oxidation sites excluding steroid dienone is 5. The maximum absolute atomic E-state index is 5.46. The van der Waals surface area contributed by atoms with Gasteiger partial charge in [-0.15, -0.1) is 0 Å². The summed E-state index contributed by atoms with van der Waals surface area (Å²) in [5.41, 5.74) is 11.6. The fraction of sp³-hybridized carbons (Fsp3) is 0.240. The van der Waals surface area contributed by atoms with Crippen LogP contribution >= 0.6 is 0 Å². The summed E-state index contributed by atoms with van der Waals surface area (Å²) >= 11 is 0. The third-order valence-electron chi connectivity index (χ3n) is 12.7. The van der Waals surface area contributed by atoms with E-state index in [4.69, 9.17) is 9.98 Å². The molecule has 54 heavy (non-hydrogen) atoms. The number of rotatable bonds is 5. The van der Waals surface area contributed by atoms with E-state index in [0.717, 1.165) is 37.9 Å². The fourth-order valence-corrected chi connectivity index (χ4v) is 10.1. The molecule has 0 saturated heterocycles. The van der Waals surface area contributed by atoms with Crippen LogP contribution in [0.25, 0.3) is 60.4 Å². The quantitative estimate of drug-likeness (QED) is 0.160. The Labute approximate surface area is 316 Å².